The van der Waals surface area contributed by atoms with Crippen molar-refractivity contribution in [3.63, 3.8) is 0 Å². The molecule has 0 aromatic carbocycles. The minimum atomic E-state index is 1.10. The second-order valence-electron chi connectivity index (χ2n) is 9.18. The molecule has 0 rings (SSSR count). The first-order chi connectivity index (χ1) is 14.4. The van der Waals surface area contributed by atoms with Crippen molar-refractivity contribution in [2.75, 3.05) is 0 Å². The molecule has 0 bridgehead atoms. The van der Waals surface area contributed by atoms with Crippen molar-refractivity contribution in [2.24, 2.45) is 0 Å². The molecule has 172 valence electrons. The molecular formula is C29H56. The zero-order valence-corrected chi connectivity index (χ0v) is 20.2. The van der Waals surface area contributed by atoms with E-state index in [4.69, 9.17) is 0 Å². The number of rotatable bonds is 25. The summed E-state index contributed by atoms with van der Waals surface area (Å²) in [5.74, 6) is 0. The van der Waals surface area contributed by atoms with Gasteiger partial charge in [-0.2, -0.15) is 0 Å². The number of allylic oxidation sites excluding steroid dienone is 2. The summed E-state index contributed by atoms with van der Waals surface area (Å²) >= 11 is 0. The highest BCUT2D eigenvalue weighted by atomic mass is 14.0. The fourth-order valence-corrected chi connectivity index (χ4v) is 4.12. The van der Waals surface area contributed by atoms with Crippen molar-refractivity contribution in [3.8, 4) is 0 Å². The molecule has 0 saturated carbocycles. The Morgan fingerprint density at radius 1 is 0.276 bits per heavy atom. The highest BCUT2D eigenvalue weighted by Crippen LogP contribution is 2.15. The number of hydrogen-bond donors (Lipinski definition) is 0. The van der Waals surface area contributed by atoms with Gasteiger partial charge in [0.25, 0.3) is 0 Å². The zero-order chi connectivity index (χ0) is 21.1. The van der Waals surface area contributed by atoms with Gasteiger partial charge < -0.3 is 0 Å². The van der Waals surface area contributed by atoms with Crippen molar-refractivity contribution in [3.05, 3.63) is 26.0 Å². The maximum atomic E-state index is 3.91. The maximum Gasteiger partial charge on any atom is -0.0351 e. The first-order valence-electron chi connectivity index (χ1n) is 13.6. The lowest BCUT2D eigenvalue weighted by Crippen LogP contribution is -1.84. The lowest BCUT2D eigenvalue weighted by atomic mass is 10.0. The van der Waals surface area contributed by atoms with Crippen molar-refractivity contribution in [2.45, 2.75) is 161 Å². The van der Waals surface area contributed by atoms with Gasteiger partial charge in [0.1, 0.15) is 0 Å². The van der Waals surface area contributed by atoms with Gasteiger partial charge in [0.2, 0.25) is 0 Å². The van der Waals surface area contributed by atoms with Crippen LogP contribution in [0.15, 0.2) is 12.2 Å². The van der Waals surface area contributed by atoms with Gasteiger partial charge in [-0.15, -0.1) is 0 Å². The molecule has 2 radical (unpaired) electrons. The van der Waals surface area contributed by atoms with Crippen LogP contribution >= 0.6 is 0 Å². The Balaban J connectivity index is 3.02. The van der Waals surface area contributed by atoms with Gasteiger partial charge in [-0.05, 0) is 25.7 Å². The second-order valence-corrected chi connectivity index (χ2v) is 9.18. The molecule has 0 aliphatic carbocycles. The SMILES string of the molecule is [CH2]CCCCCC=CCCCCCCCCCCCCCCCCCCCC[CH2]. The fraction of sp³-hybridized carbons (Fsp3) is 0.862. The normalized spacial score (nSPS) is 11.7. The summed E-state index contributed by atoms with van der Waals surface area (Å²) in [6.07, 6.45) is 39.7. The molecular weight excluding hydrogens is 348 g/mol. The highest BCUT2D eigenvalue weighted by molar-refractivity contribution is 4.81. The van der Waals surface area contributed by atoms with E-state index in [1.807, 2.05) is 0 Å². The molecule has 0 spiro atoms. The standard InChI is InChI=1S/C29H56/c1-3-5-7-9-11-13-15-17-19-21-23-25-27-29-28-26-24-22-20-18-16-14-12-10-8-6-4-2/h13,15H,1-12,14,16-29H2. The molecule has 0 N–H and O–H groups in total. The van der Waals surface area contributed by atoms with Gasteiger partial charge in [0.05, 0.1) is 0 Å². The second kappa shape index (κ2) is 27.7. The highest BCUT2D eigenvalue weighted by Gasteiger charge is 1.95. The zero-order valence-electron chi connectivity index (χ0n) is 20.2. The molecule has 0 heterocycles. The summed E-state index contributed by atoms with van der Waals surface area (Å²) in [5.41, 5.74) is 0. The fourth-order valence-electron chi connectivity index (χ4n) is 4.12. The van der Waals surface area contributed by atoms with Crippen LogP contribution in [0.2, 0.25) is 0 Å². The minimum Gasteiger partial charge on any atom is -0.0885 e. The molecule has 0 aliphatic rings. The van der Waals surface area contributed by atoms with E-state index in [2.05, 4.69) is 26.0 Å². The van der Waals surface area contributed by atoms with Crippen molar-refractivity contribution < 1.29 is 0 Å². The van der Waals surface area contributed by atoms with Gasteiger partial charge in [0, 0.05) is 0 Å². The minimum absolute atomic E-state index is 1.10. The lowest BCUT2D eigenvalue weighted by molar-refractivity contribution is 0.524. The van der Waals surface area contributed by atoms with Crippen LogP contribution in [0, 0.1) is 13.8 Å². The average Bonchev–Trinajstić information content (AvgIpc) is 2.74. The largest absolute Gasteiger partial charge is 0.0885 e. The van der Waals surface area contributed by atoms with Crippen LogP contribution in [0.4, 0.5) is 0 Å². The topological polar surface area (TPSA) is 0 Å². The molecule has 0 heteroatoms. The van der Waals surface area contributed by atoms with E-state index >= 15 is 0 Å². The Bertz CT molecular complexity index is 290. The summed E-state index contributed by atoms with van der Waals surface area (Å²) in [4.78, 5) is 0. The maximum absolute atomic E-state index is 3.91. The van der Waals surface area contributed by atoms with Crippen LogP contribution in [0.3, 0.4) is 0 Å². The van der Waals surface area contributed by atoms with Crippen LogP contribution in [0.25, 0.3) is 0 Å². The van der Waals surface area contributed by atoms with E-state index in [9.17, 15) is 0 Å². The van der Waals surface area contributed by atoms with Crippen LogP contribution < -0.4 is 0 Å². The Morgan fingerprint density at radius 3 is 0.759 bits per heavy atom. The molecule has 0 unspecified atom stereocenters. The van der Waals surface area contributed by atoms with Gasteiger partial charge in [-0.3, -0.25) is 0 Å². The Morgan fingerprint density at radius 2 is 0.483 bits per heavy atom. The summed E-state index contributed by atoms with van der Waals surface area (Å²) in [5, 5.41) is 0. The summed E-state index contributed by atoms with van der Waals surface area (Å²) in [7, 11) is 0. The third kappa shape index (κ3) is 27.7. The van der Waals surface area contributed by atoms with E-state index in [1.54, 1.807) is 0 Å². The predicted octanol–water partition coefficient (Wildman–Crippen LogP) is 11.0. The summed E-state index contributed by atoms with van der Waals surface area (Å²) in [6.45, 7) is 7.81. The van der Waals surface area contributed by atoms with Crippen LogP contribution in [0.5, 0.6) is 0 Å². The van der Waals surface area contributed by atoms with Crippen LogP contribution in [0.1, 0.15) is 161 Å². The van der Waals surface area contributed by atoms with Gasteiger partial charge in [0.15, 0.2) is 0 Å². The first-order valence-corrected chi connectivity index (χ1v) is 13.6. The first kappa shape index (κ1) is 28.7. The smallest absolute Gasteiger partial charge is 0.0351 e. The quantitative estimate of drug-likeness (QED) is 0.105. The van der Waals surface area contributed by atoms with Crippen molar-refractivity contribution in [1.29, 1.82) is 0 Å². The third-order valence-corrected chi connectivity index (χ3v) is 6.16. The molecule has 0 fully saturated rings. The van der Waals surface area contributed by atoms with Gasteiger partial charge in [-0.25, -0.2) is 0 Å². The average molecular weight is 405 g/mol. The summed E-state index contributed by atoms with van der Waals surface area (Å²) in [6, 6.07) is 0. The van der Waals surface area contributed by atoms with E-state index in [1.165, 1.54) is 148 Å². The van der Waals surface area contributed by atoms with Crippen LogP contribution in [-0.2, 0) is 0 Å². The Hall–Kier alpha value is -0.260. The van der Waals surface area contributed by atoms with E-state index in [0.717, 1.165) is 12.8 Å². The van der Waals surface area contributed by atoms with Crippen molar-refractivity contribution >= 4 is 0 Å². The number of unbranched alkanes of at least 4 members (excludes halogenated alkanes) is 23. The Kier molecular flexibility index (Phi) is 27.5. The molecule has 29 heavy (non-hydrogen) atoms. The number of hydrogen-bond acceptors (Lipinski definition) is 0. The lowest BCUT2D eigenvalue weighted by Gasteiger charge is -2.03. The molecule has 0 aromatic heterocycles. The van der Waals surface area contributed by atoms with Crippen molar-refractivity contribution in [1.82, 2.24) is 0 Å². The third-order valence-electron chi connectivity index (χ3n) is 6.16. The molecule has 0 saturated heterocycles. The molecule has 0 aliphatic heterocycles. The molecule has 0 nitrogen and oxygen atoms in total. The van der Waals surface area contributed by atoms with E-state index < -0.39 is 0 Å². The monoisotopic (exact) mass is 404 g/mol. The van der Waals surface area contributed by atoms with Gasteiger partial charge >= 0.3 is 0 Å². The van der Waals surface area contributed by atoms with E-state index in [-0.39, 0.29) is 0 Å². The van der Waals surface area contributed by atoms with Gasteiger partial charge in [-0.1, -0.05) is 161 Å². The molecule has 0 atom stereocenters. The summed E-state index contributed by atoms with van der Waals surface area (Å²) < 4.78 is 0. The van der Waals surface area contributed by atoms with E-state index in [0.29, 0.717) is 0 Å². The molecule has 0 amide bonds. The Labute approximate surface area is 186 Å². The van der Waals surface area contributed by atoms with Crippen LogP contribution in [-0.4, -0.2) is 0 Å². The predicted molar refractivity (Wildman–Crippen MR) is 135 cm³/mol. The molecule has 0 aromatic rings.